The van der Waals surface area contributed by atoms with Crippen LogP contribution in [0.15, 0.2) is 182 Å². The van der Waals surface area contributed by atoms with E-state index in [0.717, 1.165) is 0 Å². The van der Waals surface area contributed by atoms with Crippen LogP contribution in [0.5, 0.6) is 0 Å². The van der Waals surface area contributed by atoms with E-state index in [4.69, 9.17) is 0 Å². The van der Waals surface area contributed by atoms with E-state index in [1.54, 1.807) is 0 Å². The van der Waals surface area contributed by atoms with Gasteiger partial charge in [0, 0.05) is 49.3 Å². The maximum atomic E-state index is 2.51. The molecule has 4 heteroatoms. The fraction of sp³-hybridized carbons (Fsp3) is 0. The van der Waals surface area contributed by atoms with Crippen molar-refractivity contribution in [3.8, 4) is 33.6 Å². The Hall–Kier alpha value is -6.11. The van der Waals surface area contributed by atoms with Crippen LogP contribution in [0.2, 0.25) is 0 Å². The smallest absolute Gasteiger partial charge is 0.0668 e. The molecule has 0 aliphatic rings. The van der Waals surface area contributed by atoms with Crippen molar-refractivity contribution in [1.82, 2.24) is 11.9 Å². The van der Waals surface area contributed by atoms with Crippen LogP contribution in [0.4, 0.5) is 0 Å². The zero-order valence-electron chi connectivity index (χ0n) is 28.0. The summed E-state index contributed by atoms with van der Waals surface area (Å²) >= 11 is 2.51. The second-order valence-corrected chi connectivity index (χ2v) is 14.5. The molecule has 3 heterocycles. The summed E-state index contributed by atoms with van der Waals surface area (Å²) in [6, 6.07) is 66.4. The molecular formula is C48H30IN3. The van der Waals surface area contributed by atoms with Gasteiger partial charge < -0.3 is 9.13 Å². The largest absolute Gasteiger partial charge is 0.309 e. The van der Waals surface area contributed by atoms with Crippen LogP contribution in [-0.4, -0.2) is 11.9 Å². The third kappa shape index (κ3) is 4.31. The van der Waals surface area contributed by atoms with Gasteiger partial charge in [-0.1, -0.05) is 127 Å². The van der Waals surface area contributed by atoms with Crippen molar-refractivity contribution in [2.24, 2.45) is 0 Å². The molecule has 3 aromatic heterocycles. The number of halogens is 1. The fourth-order valence-corrected chi connectivity index (χ4v) is 9.34. The summed E-state index contributed by atoms with van der Waals surface area (Å²) in [5, 5.41) is 7.58. The molecule has 0 aliphatic heterocycles. The van der Waals surface area contributed by atoms with Gasteiger partial charge in [-0.15, -0.1) is 0 Å². The van der Waals surface area contributed by atoms with Gasteiger partial charge in [0.05, 0.1) is 56.0 Å². The molecule has 3 nitrogen and oxygen atoms in total. The molecule has 8 aromatic carbocycles. The highest BCUT2D eigenvalue weighted by atomic mass is 127. The molecule has 0 saturated carbocycles. The number of rotatable bonds is 4. The van der Waals surface area contributed by atoms with Gasteiger partial charge in [0.15, 0.2) is 0 Å². The molecule has 0 aliphatic carbocycles. The molecule has 0 bridgehead atoms. The molecule has 0 radical (unpaired) electrons. The van der Waals surface area contributed by atoms with Crippen molar-refractivity contribution in [2.45, 2.75) is 0 Å². The Morgan fingerprint density at radius 3 is 1.31 bits per heavy atom. The first-order valence-corrected chi connectivity index (χ1v) is 18.6. The van der Waals surface area contributed by atoms with Crippen LogP contribution < -0.4 is 0 Å². The first-order valence-electron chi connectivity index (χ1n) is 17.6. The van der Waals surface area contributed by atoms with E-state index >= 15 is 0 Å². The second kappa shape index (κ2) is 11.5. The lowest BCUT2D eigenvalue weighted by Gasteiger charge is -2.10. The molecule has 0 atom stereocenters. The molecule has 0 N–H and O–H groups in total. The maximum Gasteiger partial charge on any atom is 0.0668 e. The van der Waals surface area contributed by atoms with Gasteiger partial charge in [-0.3, -0.25) is 2.78 Å². The van der Waals surface area contributed by atoms with E-state index in [1.807, 2.05) is 0 Å². The van der Waals surface area contributed by atoms with Gasteiger partial charge in [-0.05, 0) is 71.3 Å². The van der Waals surface area contributed by atoms with Crippen LogP contribution >= 0.6 is 22.9 Å². The minimum absolute atomic E-state index is 1.17. The average Bonchev–Trinajstić information content (AvgIpc) is 3.83. The Morgan fingerprint density at radius 1 is 0.308 bits per heavy atom. The van der Waals surface area contributed by atoms with Crippen molar-refractivity contribution in [3.05, 3.63) is 182 Å². The predicted molar refractivity (Wildman–Crippen MR) is 228 cm³/mol. The van der Waals surface area contributed by atoms with Crippen LogP contribution in [0.25, 0.3) is 99.0 Å². The van der Waals surface area contributed by atoms with Crippen LogP contribution in [0, 0.1) is 0 Å². The van der Waals surface area contributed by atoms with Crippen LogP contribution in [0.3, 0.4) is 0 Å². The minimum atomic E-state index is 1.17. The first-order chi connectivity index (χ1) is 25.7. The highest BCUT2D eigenvalue weighted by Crippen LogP contribution is 2.42. The van der Waals surface area contributed by atoms with Crippen molar-refractivity contribution in [1.29, 1.82) is 0 Å². The lowest BCUT2D eigenvalue weighted by molar-refractivity contribution is 1.18. The van der Waals surface area contributed by atoms with E-state index in [2.05, 4.69) is 217 Å². The highest BCUT2D eigenvalue weighted by molar-refractivity contribution is 14.1. The zero-order chi connectivity index (χ0) is 34.3. The van der Waals surface area contributed by atoms with E-state index in [0.29, 0.717) is 0 Å². The van der Waals surface area contributed by atoms with E-state index < -0.39 is 0 Å². The van der Waals surface area contributed by atoms with E-state index in [1.165, 1.54) is 99.0 Å². The minimum Gasteiger partial charge on any atom is -0.309 e. The monoisotopic (exact) mass is 775 g/mol. The maximum absolute atomic E-state index is 2.51. The Morgan fingerprint density at radius 2 is 0.731 bits per heavy atom. The van der Waals surface area contributed by atoms with Crippen molar-refractivity contribution >= 4 is 88.3 Å². The number of hydrogen-bond acceptors (Lipinski definition) is 0. The highest BCUT2D eigenvalue weighted by Gasteiger charge is 2.18. The van der Waals surface area contributed by atoms with Gasteiger partial charge in [-0.2, -0.15) is 0 Å². The van der Waals surface area contributed by atoms with Crippen LogP contribution in [-0.2, 0) is 0 Å². The van der Waals surface area contributed by atoms with E-state index in [-0.39, 0.29) is 0 Å². The lowest BCUT2D eigenvalue weighted by Crippen LogP contribution is -1.93. The van der Waals surface area contributed by atoms with E-state index in [9.17, 15) is 0 Å². The van der Waals surface area contributed by atoms with Crippen molar-refractivity contribution in [2.75, 3.05) is 0 Å². The Bertz CT molecular complexity index is 3180. The molecule has 0 spiro atoms. The average molecular weight is 776 g/mol. The fourth-order valence-electron chi connectivity index (χ4n) is 8.43. The summed E-state index contributed by atoms with van der Waals surface area (Å²) in [5.41, 5.74) is 14.5. The normalized spacial score (nSPS) is 11.9. The second-order valence-electron chi connectivity index (χ2n) is 13.6. The Kier molecular flexibility index (Phi) is 6.52. The predicted octanol–water partition coefficient (Wildman–Crippen LogP) is 13.5. The van der Waals surface area contributed by atoms with Gasteiger partial charge in [0.2, 0.25) is 0 Å². The van der Waals surface area contributed by atoms with Gasteiger partial charge >= 0.3 is 0 Å². The summed E-state index contributed by atoms with van der Waals surface area (Å²) in [6.07, 6.45) is 0. The molecule has 244 valence electrons. The molecule has 0 unspecified atom stereocenters. The number of hydrogen-bond donors (Lipinski definition) is 0. The standard InChI is InChI=1S/C48H30IN3/c49-52-47-29-32(31-22-25-39-37-16-7-9-20-43(37)50(45(39)28-31)34-12-3-1-4-13-34)23-26-41(47)42-19-11-18-36(48(42)52)33-24-27-40-38-17-8-10-21-44(38)51(46(40)30-33)35-14-5-2-6-15-35/h1-30H. The van der Waals surface area contributed by atoms with Crippen LogP contribution in [0.1, 0.15) is 0 Å². The number of nitrogens with zero attached hydrogens (tertiary/aromatic N) is 3. The Balaban J connectivity index is 1.09. The SMILES string of the molecule is In1c2cc(-c3ccc4c5ccccc5n(-c5ccccc5)c4c3)ccc2c2cccc(-c3ccc4c5ccccc5n(-c5ccccc5)c4c3)c21. The number of aromatic nitrogens is 3. The molecule has 0 amide bonds. The van der Waals surface area contributed by atoms with Gasteiger partial charge in [0.1, 0.15) is 0 Å². The number of benzene rings is 8. The zero-order valence-corrected chi connectivity index (χ0v) is 30.2. The van der Waals surface area contributed by atoms with Crippen molar-refractivity contribution in [3.63, 3.8) is 0 Å². The summed E-state index contributed by atoms with van der Waals surface area (Å²) < 4.78 is 7.15. The molecule has 11 aromatic rings. The summed E-state index contributed by atoms with van der Waals surface area (Å²) in [5.74, 6) is 0. The summed E-state index contributed by atoms with van der Waals surface area (Å²) in [7, 11) is 0. The van der Waals surface area contributed by atoms with Crippen molar-refractivity contribution < 1.29 is 0 Å². The molecular weight excluding hydrogens is 745 g/mol. The lowest BCUT2D eigenvalue weighted by atomic mass is 9.99. The third-order valence-corrected chi connectivity index (χ3v) is 11.8. The first kappa shape index (κ1) is 29.6. The summed E-state index contributed by atoms with van der Waals surface area (Å²) in [4.78, 5) is 0. The third-order valence-electron chi connectivity index (χ3n) is 10.8. The number of fused-ring (bicyclic) bond motifs is 9. The number of para-hydroxylation sites is 5. The topological polar surface area (TPSA) is 14.8 Å². The Labute approximate surface area is 314 Å². The molecule has 11 rings (SSSR count). The van der Waals surface area contributed by atoms with Gasteiger partial charge in [0.25, 0.3) is 0 Å². The summed E-state index contributed by atoms with van der Waals surface area (Å²) in [6.45, 7) is 0. The molecule has 52 heavy (non-hydrogen) atoms. The molecule has 0 saturated heterocycles. The van der Waals surface area contributed by atoms with Gasteiger partial charge in [-0.25, -0.2) is 0 Å². The molecule has 0 fully saturated rings. The quantitative estimate of drug-likeness (QED) is 0.158.